The highest BCUT2D eigenvalue weighted by Crippen LogP contribution is 2.44. The second kappa shape index (κ2) is 6.03. The van der Waals surface area contributed by atoms with Crippen molar-refractivity contribution in [3.63, 3.8) is 0 Å². The Morgan fingerprint density at radius 2 is 1.50 bits per heavy atom. The first-order valence-corrected chi connectivity index (χ1v) is 9.44. The van der Waals surface area contributed by atoms with Gasteiger partial charge in [-0.25, -0.2) is 4.79 Å². The molecule has 0 spiro atoms. The maximum absolute atomic E-state index is 12.6. The highest BCUT2D eigenvalue weighted by Gasteiger charge is 2.40. The molecule has 2 N–H and O–H groups in total. The van der Waals surface area contributed by atoms with Gasteiger partial charge in [0.2, 0.25) is 0 Å². The summed E-state index contributed by atoms with van der Waals surface area (Å²) in [4.78, 5) is 14.6. The quantitative estimate of drug-likeness (QED) is 0.824. The first kappa shape index (κ1) is 14.8. The molecule has 4 heteroatoms. The topological polar surface area (TPSA) is 52.6 Å². The summed E-state index contributed by atoms with van der Waals surface area (Å²) in [6.07, 6.45) is 11.0. The molecule has 0 radical (unpaired) electrons. The second-order valence-electron chi connectivity index (χ2n) is 8.26. The van der Waals surface area contributed by atoms with Crippen LogP contribution in [-0.4, -0.2) is 41.3 Å². The van der Waals surface area contributed by atoms with Crippen LogP contribution in [0.2, 0.25) is 0 Å². The summed E-state index contributed by atoms with van der Waals surface area (Å²) in [5.41, 5.74) is 0. The van der Waals surface area contributed by atoms with E-state index in [0.717, 1.165) is 44.2 Å². The Bertz CT molecular complexity index is 409. The number of carbonyl (C=O) groups is 1. The van der Waals surface area contributed by atoms with Crippen molar-refractivity contribution < 1.29 is 9.90 Å². The lowest BCUT2D eigenvalue weighted by Crippen LogP contribution is -2.57. The van der Waals surface area contributed by atoms with Crippen LogP contribution in [0, 0.1) is 23.7 Å². The average Bonchev–Trinajstić information content (AvgIpc) is 3.31. The van der Waals surface area contributed by atoms with E-state index in [1.54, 1.807) is 0 Å². The van der Waals surface area contributed by atoms with E-state index in [4.69, 9.17) is 0 Å². The van der Waals surface area contributed by atoms with Gasteiger partial charge in [0.15, 0.2) is 0 Å². The molecule has 4 fully saturated rings. The van der Waals surface area contributed by atoms with Crippen LogP contribution in [0.15, 0.2) is 0 Å². The van der Waals surface area contributed by atoms with E-state index >= 15 is 0 Å². The summed E-state index contributed by atoms with van der Waals surface area (Å²) in [6, 6.07) is 0.517. The van der Waals surface area contributed by atoms with Crippen LogP contribution in [0.3, 0.4) is 0 Å². The largest absolute Gasteiger partial charge is 0.392 e. The third-order valence-electron chi connectivity index (χ3n) is 6.64. The molecule has 1 heterocycles. The summed E-state index contributed by atoms with van der Waals surface area (Å²) < 4.78 is 0. The Balaban J connectivity index is 1.32. The number of nitrogens with zero attached hydrogens (tertiary/aromatic N) is 1. The lowest BCUT2D eigenvalue weighted by molar-refractivity contribution is -0.0371. The zero-order valence-corrected chi connectivity index (χ0v) is 13.5. The molecule has 3 saturated carbocycles. The lowest BCUT2D eigenvalue weighted by Gasteiger charge is -2.45. The van der Waals surface area contributed by atoms with Crippen molar-refractivity contribution in [2.75, 3.05) is 13.1 Å². The number of aliphatic hydroxyl groups is 1. The average molecular weight is 306 g/mol. The monoisotopic (exact) mass is 306 g/mol. The van der Waals surface area contributed by atoms with E-state index in [-0.39, 0.29) is 12.1 Å². The molecule has 3 aliphatic carbocycles. The van der Waals surface area contributed by atoms with Gasteiger partial charge in [0.05, 0.1) is 6.10 Å². The van der Waals surface area contributed by atoms with Gasteiger partial charge >= 0.3 is 6.03 Å². The van der Waals surface area contributed by atoms with Crippen LogP contribution in [0.4, 0.5) is 4.79 Å². The second-order valence-corrected chi connectivity index (χ2v) is 8.26. The highest BCUT2D eigenvalue weighted by molar-refractivity contribution is 5.74. The number of urea groups is 1. The molecule has 0 aromatic heterocycles. The van der Waals surface area contributed by atoms with Gasteiger partial charge in [0.1, 0.15) is 0 Å². The van der Waals surface area contributed by atoms with Crippen LogP contribution in [0.25, 0.3) is 0 Å². The van der Waals surface area contributed by atoms with Crippen molar-refractivity contribution >= 4 is 6.03 Å². The third-order valence-corrected chi connectivity index (χ3v) is 6.64. The Kier molecular flexibility index (Phi) is 4.05. The van der Waals surface area contributed by atoms with Crippen molar-refractivity contribution in [3.05, 3.63) is 0 Å². The molecule has 0 aromatic rings. The molecular formula is C18H30N2O2. The van der Waals surface area contributed by atoms with Gasteiger partial charge in [-0.3, -0.25) is 0 Å². The highest BCUT2D eigenvalue weighted by atomic mass is 16.3. The maximum atomic E-state index is 12.6. The van der Waals surface area contributed by atoms with Gasteiger partial charge in [-0.1, -0.05) is 19.3 Å². The van der Waals surface area contributed by atoms with Gasteiger partial charge in [-0.15, -0.1) is 0 Å². The van der Waals surface area contributed by atoms with Crippen LogP contribution in [0.5, 0.6) is 0 Å². The van der Waals surface area contributed by atoms with Gasteiger partial charge in [0.25, 0.3) is 0 Å². The first-order chi connectivity index (χ1) is 10.7. The fraction of sp³-hybridized carbons (Fsp3) is 0.944. The number of hydrogen-bond donors (Lipinski definition) is 2. The Morgan fingerprint density at radius 3 is 2.18 bits per heavy atom. The van der Waals surface area contributed by atoms with E-state index in [1.807, 2.05) is 4.90 Å². The summed E-state index contributed by atoms with van der Waals surface area (Å²) in [5.74, 6) is 2.44. The summed E-state index contributed by atoms with van der Waals surface area (Å²) in [7, 11) is 0. The van der Waals surface area contributed by atoms with E-state index in [0.29, 0.717) is 17.9 Å². The number of aliphatic hydroxyl groups excluding tert-OH is 1. The SMILES string of the molecule is O=C(N[C@@H]1CCC[C@H](C2CC2)C1)N1C[C@H]2CCC[C@@H](C1)C2O. The smallest absolute Gasteiger partial charge is 0.317 e. The number of likely N-dealkylation sites (tertiary alicyclic amines) is 1. The van der Waals surface area contributed by atoms with Gasteiger partial charge in [-0.05, 0) is 50.4 Å². The Hall–Kier alpha value is -0.770. The molecule has 4 nitrogen and oxygen atoms in total. The maximum Gasteiger partial charge on any atom is 0.317 e. The van der Waals surface area contributed by atoms with Crippen LogP contribution < -0.4 is 5.32 Å². The minimum atomic E-state index is -0.174. The summed E-state index contributed by atoms with van der Waals surface area (Å²) in [6.45, 7) is 1.50. The molecule has 4 aliphatic rings. The number of fused-ring (bicyclic) bond motifs is 2. The van der Waals surface area contributed by atoms with Gasteiger partial charge in [0, 0.05) is 31.0 Å². The third kappa shape index (κ3) is 2.99. The van der Waals surface area contributed by atoms with Gasteiger partial charge in [-0.2, -0.15) is 0 Å². The molecule has 4 rings (SSSR count). The van der Waals surface area contributed by atoms with Crippen LogP contribution in [0.1, 0.15) is 57.8 Å². The van der Waals surface area contributed by atoms with E-state index < -0.39 is 0 Å². The number of amides is 2. The predicted octanol–water partition coefficient (Wildman–Crippen LogP) is 2.76. The van der Waals surface area contributed by atoms with Crippen molar-refractivity contribution in [2.24, 2.45) is 23.7 Å². The number of piperidine rings is 1. The molecule has 0 aromatic carbocycles. The normalized spacial score (nSPS) is 42.0. The molecule has 1 aliphatic heterocycles. The molecule has 2 amide bonds. The molecule has 124 valence electrons. The van der Waals surface area contributed by atoms with Crippen molar-refractivity contribution in [1.29, 1.82) is 0 Å². The summed E-state index contributed by atoms with van der Waals surface area (Å²) >= 11 is 0. The standard InChI is InChI=1S/C18H30N2O2/c21-17-14-4-1-5-15(17)11-20(10-14)18(22)19-16-6-2-3-13(9-16)12-7-8-12/h12-17,21H,1-11H2,(H,19,22)/t13-,14-,15+,16+,17?/m0/s1. The molecule has 1 saturated heterocycles. The minimum Gasteiger partial charge on any atom is -0.392 e. The fourth-order valence-corrected chi connectivity index (χ4v) is 5.19. The number of hydrogen-bond acceptors (Lipinski definition) is 2. The molecular weight excluding hydrogens is 276 g/mol. The number of nitrogens with one attached hydrogen (secondary N) is 1. The van der Waals surface area contributed by atoms with Crippen LogP contribution in [-0.2, 0) is 0 Å². The number of rotatable bonds is 2. The van der Waals surface area contributed by atoms with Crippen molar-refractivity contribution in [2.45, 2.75) is 69.9 Å². The predicted molar refractivity (Wildman–Crippen MR) is 85.4 cm³/mol. The zero-order valence-electron chi connectivity index (χ0n) is 13.5. The Labute approximate surface area is 133 Å². The van der Waals surface area contributed by atoms with Crippen molar-refractivity contribution in [3.8, 4) is 0 Å². The first-order valence-electron chi connectivity index (χ1n) is 9.44. The molecule has 5 atom stereocenters. The van der Waals surface area contributed by atoms with E-state index in [1.165, 1.54) is 38.5 Å². The van der Waals surface area contributed by atoms with Crippen molar-refractivity contribution in [1.82, 2.24) is 10.2 Å². The molecule has 2 bridgehead atoms. The summed E-state index contributed by atoms with van der Waals surface area (Å²) in [5, 5.41) is 13.6. The molecule has 1 unspecified atom stereocenters. The van der Waals surface area contributed by atoms with Crippen LogP contribution >= 0.6 is 0 Å². The Morgan fingerprint density at radius 1 is 0.864 bits per heavy atom. The minimum absolute atomic E-state index is 0.130. The number of carbonyl (C=O) groups excluding carboxylic acids is 1. The lowest BCUT2D eigenvalue weighted by atomic mass is 9.75. The van der Waals surface area contributed by atoms with E-state index in [2.05, 4.69) is 5.32 Å². The zero-order chi connectivity index (χ0) is 15.1. The fourth-order valence-electron chi connectivity index (χ4n) is 5.19. The van der Waals surface area contributed by atoms with Gasteiger partial charge < -0.3 is 15.3 Å². The van der Waals surface area contributed by atoms with E-state index in [9.17, 15) is 9.90 Å². The molecule has 22 heavy (non-hydrogen) atoms.